The Morgan fingerprint density at radius 2 is 2.25 bits per heavy atom. The van der Waals surface area contributed by atoms with E-state index in [2.05, 4.69) is 15.3 Å². The number of aromatic amines is 1. The van der Waals surface area contributed by atoms with Gasteiger partial charge in [0.15, 0.2) is 0 Å². The van der Waals surface area contributed by atoms with Gasteiger partial charge in [0.05, 0.1) is 6.04 Å². The van der Waals surface area contributed by atoms with Crippen LogP contribution >= 0.6 is 0 Å². The van der Waals surface area contributed by atoms with Crippen LogP contribution in [0, 0.1) is 5.82 Å². The highest BCUT2D eigenvalue weighted by molar-refractivity contribution is 5.17. The third-order valence-corrected chi connectivity index (χ3v) is 2.49. The van der Waals surface area contributed by atoms with Gasteiger partial charge in [-0.05, 0) is 13.0 Å². The van der Waals surface area contributed by atoms with Gasteiger partial charge in [0.1, 0.15) is 11.6 Å². The highest BCUT2D eigenvalue weighted by atomic mass is 19.1. The first-order valence-electron chi connectivity index (χ1n) is 5.23. The number of hydrogen-bond acceptors (Lipinski definition) is 2. The lowest BCUT2D eigenvalue weighted by molar-refractivity contribution is 0.529. The van der Waals surface area contributed by atoms with Crippen LogP contribution in [-0.4, -0.2) is 9.97 Å². The fourth-order valence-electron chi connectivity index (χ4n) is 1.52. The van der Waals surface area contributed by atoms with Crippen molar-refractivity contribution in [3.8, 4) is 0 Å². The van der Waals surface area contributed by atoms with Gasteiger partial charge in [0.2, 0.25) is 0 Å². The molecule has 0 amide bonds. The second-order valence-electron chi connectivity index (χ2n) is 3.67. The Labute approximate surface area is 93.7 Å². The maximum absolute atomic E-state index is 13.3. The number of H-pyrrole nitrogens is 1. The molecule has 0 spiro atoms. The average molecular weight is 219 g/mol. The van der Waals surface area contributed by atoms with E-state index < -0.39 is 0 Å². The minimum atomic E-state index is -0.179. The number of nitrogens with zero attached hydrogens (tertiary/aromatic N) is 1. The third-order valence-electron chi connectivity index (χ3n) is 2.49. The minimum absolute atomic E-state index is 0.0783. The Bertz CT molecular complexity index is 439. The zero-order valence-corrected chi connectivity index (χ0v) is 9.07. The summed E-state index contributed by atoms with van der Waals surface area (Å²) in [6, 6.07) is 6.84. The molecule has 3 nitrogen and oxygen atoms in total. The lowest BCUT2D eigenvalue weighted by Gasteiger charge is -2.11. The van der Waals surface area contributed by atoms with E-state index in [1.54, 1.807) is 24.5 Å². The molecule has 1 atom stereocenters. The summed E-state index contributed by atoms with van der Waals surface area (Å²) in [5, 5.41) is 3.21. The molecule has 1 aromatic carbocycles. The Hall–Kier alpha value is -1.68. The van der Waals surface area contributed by atoms with Crippen molar-refractivity contribution in [1.82, 2.24) is 15.3 Å². The van der Waals surface area contributed by atoms with Crippen molar-refractivity contribution in [3.63, 3.8) is 0 Å². The van der Waals surface area contributed by atoms with E-state index in [0.29, 0.717) is 12.1 Å². The van der Waals surface area contributed by atoms with Crippen LogP contribution in [0.3, 0.4) is 0 Å². The lowest BCUT2D eigenvalue weighted by Crippen LogP contribution is -2.19. The van der Waals surface area contributed by atoms with Crippen molar-refractivity contribution in [3.05, 3.63) is 53.9 Å². The van der Waals surface area contributed by atoms with E-state index in [1.807, 2.05) is 13.0 Å². The Morgan fingerprint density at radius 1 is 1.44 bits per heavy atom. The molecule has 2 rings (SSSR count). The molecule has 84 valence electrons. The number of hydrogen-bond donors (Lipinski definition) is 2. The molecular weight excluding hydrogens is 205 g/mol. The summed E-state index contributed by atoms with van der Waals surface area (Å²) < 4.78 is 13.3. The van der Waals surface area contributed by atoms with E-state index in [0.717, 1.165) is 5.82 Å². The summed E-state index contributed by atoms with van der Waals surface area (Å²) in [5.74, 6) is 0.679. The highest BCUT2D eigenvalue weighted by Crippen LogP contribution is 2.10. The Balaban J connectivity index is 1.95. The van der Waals surface area contributed by atoms with Crippen molar-refractivity contribution < 1.29 is 4.39 Å². The maximum atomic E-state index is 13.3. The molecule has 4 heteroatoms. The molecule has 0 aliphatic heterocycles. The summed E-state index contributed by atoms with van der Waals surface area (Å²) in [5.41, 5.74) is 0.668. The van der Waals surface area contributed by atoms with Gasteiger partial charge in [-0.1, -0.05) is 18.2 Å². The van der Waals surface area contributed by atoms with Gasteiger partial charge >= 0.3 is 0 Å². The summed E-state index contributed by atoms with van der Waals surface area (Å²) in [7, 11) is 0. The molecule has 1 unspecified atom stereocenters. The van der Waals surface area contributed by atoms with Crippen molar-refractivity contribution in [2.45, 2.75) is 19.5 Å². The first-order chi connectivity index (χ1) is 7.77. The van der Waals surface area contributed by atoms with Crippen LogP contribution in [0.25, 0.3) is 0 Å². The Morgan fingerprint density at radius 3 is 2.94 bits per heavy atom. The lowest BCUT2D eigenvalue weighted by atomic mass is 10.2. The van der Waals surface area contributed by atoms with Crippen LogP contribution in [0.15, 0.2) is 36.7 Å². The predicted octanol–water partition coefficient (Wildman–Crippen LogP) is 2.40. The number of halogens is 1. The van der Waals surface area contributed by atoms with Crippen LogP contribution < -0.4 is 5.32 Å². The topological polar surface area (TPSA) is 40.7 Å². The van der Waals surface area contributed by atoms with Gasteiger partial charge in [0.25, 0.3) is 0 Å². The number of benzene rings is 1. The van der Waals surface area contributed by atoms with E-state index in [-0.39, 0.29) is 11.9 Å². The molecule has 0 saturated carbocycles. The SMILES string of the molecule is CC(NCc1ccccc1F)c1ncc[nH]1. The smallest absolute Gasteiger partial charge is 0.127 e. The molecule has 2 aromatic rings. The van der Waals surface area contributed by atoms with Gasteiger partial charge in [-0.3, -0.25) is 0 Å². The standard InChI is InChI=1S/C12H14FN3/c1-9(12-14-6-7-15-12)16-8-10-4-2-3-5-11(10)13/h2-7,9,16H,8H2,1H3,(H,14,15). The molecule has 0 aliphatic carbocycles. The van der Waals surface area contributed by atoms with Crippen LogP contribution in [0.4, 0.5) is 4.39 Å². The van der Waals surface area contributed by atoms with Crippen molar-refractivity contribution in [1.29, 1.82) is 0 Å². The van der Waals surface area contributed by atoms with Gasteiger partial charge in [-0.2, -0.15) is 0 Å². The van der Waals surface area contributed by atoms with Crippen molar-refractivity contribution >= 4 is 0 Å². The Kier molecular flexibility index (Phi) is 3.31. The molecule has 16 heavy (non-hydrogen) atoms. The summed E-state index contributed by atoms with van der Waals surface area (Å²) in [4.78, 5) is 7.16. The van der Waals surface area contributed by atoms with Crippen LogP contribution in [0.1, 0.15) is 24.4 Å². The zero-order valence-electron chi connectivity index (χ0n) is 9.07. The number of imidazole rings is 1. The molecule has 0 radical (unpaired) electrons. The van der Waals surface area contributed by atoms with E-state index in [9.17, 15) is 4.39 Å². The molecule has 1 heterocycles. The predicted molar refractivity (Wildman–Crippen MR) is 60.2 cm³/mol. The largest absolute Gasteiger partial charge is 0.347 e. The number of nitrogens with one attached hydrogen (secondary N) is 2. The monoisotopic (exact) mass is 219 g/mol. The molecule has 0 fully saturated rings. The molecule has 2 N–H and O–H groups in total. The fourth-order valence-corrected chi connectivity index (χ4v) is 1.52. The average Bonchev–Trinajstić information content (AvgIpc) is 2.81. The molecule has 0 saturated heterocycles. The van der Waals surface area contributed by atoms with Gasteiger partial charge in [-0.25, -0.2) is 9.37 Å². The molecular formula is C12H14FN3. The van der Waals surface area contributed by atoms with Crippen molar-refractivity contribution in [2.24, 2.45) is 0 Å². The molecule has 1 aromatic heterocycles. The second kappa shape index (κ2) is 4.90. The first-order valence-corrected chi connectivity index (χ1v) is 5.23. The highest BCUT2D eigenvalue weighted by Gasteiger charge is 2.07. The zero-order chi connectivity index (χ0) is 11.4. The van der Waals surface area contributed by atoms with Crippen molar-refractivity contribution in [2.75, 3.05) is 0 Å². The fraction of sp³-hybridized carbons (Fsp3) is 0.250. The van der Waals surface area contributed by atoms with Crippen LogP contribution in [0.2, 0.25) is 0 Å². The molecule has 0 bridgehead atoms. The van der Waals surface area contributed by atoms with Crippen LogP contribution in [-0.2, 0) is 6.54 Å². The van der Waals surface area contributed by atoms with Gasteiger partial charge < -0.3 is 10.3 Å². The minimum Gasteiger partial charge on any atom is -0.347 e. The van der Waals surface area contributed by atoms with Gasteiger partial charge in [0, 0.05) is 24.5 Å². The third kappa shape index (κ3) is 2.46. The normalized spacial score (nSPS) is 12.6. The second-order valence-corrected chi connectivity index (χ2v) is 3.67. The van der Waals surface area contributed by atoms with Gasteiger partial charge in [-0.15, -0.1) is 0 Å². The number of aromatic nitrogens is 2. The first kappa shape index (κ1) is 10.8. The summed E-state index contributed by atoms with van der Waals surface area (Å²) >= 11 is 0. The summed E-state index contributed by atoms with van der Waals surface area (Å²) in [6.45, 7) is 2.48. The van der Waals surface area contributed by atoms with E-state index in [4.69, 9.17) is 0 Å². The number of rotatable bonds is 4. The quantitative estimate of drug-likeness (QED) is 0.829. The maximum Gasteiger partial charge on any atom is 0.127 e. The summed E-state index contributed by atoms with van der Waals surface area (Å²) in [6.07, 6.45) is 3.48. The van der Waals surface area contributed by atoms with E-state index >= 15 is 0 Å². The van der Waals surface area contributed by atoms with Crippen LogP contribution in [0.5, 0.6) is 0 Å². The van der Waals surface area contributed by atoms with E-state index in [1.165, 1.54) is 6.07 Å². The molecule has 0 aliphatic rings.